The highest BCUT2D eigenvalue weighted by Gasteiger charge is 2.17. The summed E-state index contributed by atoms with van der Waals surface area (Å²) in [6.45, 7) is 4.33. The van der Waals surface area contributed by atoms with E-state index >= 15 is 0 Å². The molecule has 1 saturated heterocycles. The number of aromatic nitrogens is 2. The van der Waals surface area contributed by atoms with Crippen LogP contribution in [0.25, 0.3) is 11.3 Å². The molecule has 8 heteroatoms. The molecule has 2 N–H and O–H groups in total. The zero-order valence-corrected chi connectivity index (χ0v) is 19.2. The molecule has 0 bridgehead atoms. The van der Waals surface area contributed by atoms with Crippen LogP contribution in [0.4, 0.5) is 22.0 Å². The van der Waals surface area contributed by atoms with Crippen LogP contribution >= 0.6 is 0 Å². The Morgan fingerprint density at radius 3 is 2.24 bits per heavy atom. The van der Waals surface area contributed by atoms with Gasteiger partial charge in [0.15, 0.2) is 5.82 Å². The zero-order valence-electron chi connectivity index (χ0n) is 19.2. The second-order valence-electron chi connectivity index (χ2n) is 8.21. The van der Waals surface area contributed by atoms with Crippen LogP contribution in [0.15, 0.2) is 54.6 Å². The van der Waals surface area contributed by atoms with Crippen molar-refractivity contribution < 1.29 is 14.3 Å². The smallest absolute Gasteiger partial charge is 0.323 e. The summed E-state index contributed by atoms with van der Waals surface area (Å²) in [5.41, 5.74) is 2.84. The fraction of sp³-hybridized carbons (Fsp3) is 0.320. The fourth-order valence-corrected chi connectivity index (χ4v) is 3.81. The van der Waals surface area contributed by atoms with E-state index in [9.17, 15) is 4.79 Å². The molecule has 0 unspecified atom stereocenters. The SMILES string of the molecule is COc1cc(NC(=O)Nc2cccc(-c3ccc(N4CCC(C)CC4)nn3)c2)cc(OC)c1. The largest absolute Gasteiger partial charge is 0.497 e. The summed E-state index contributed by atoms with van der Waals surface area (Å²) >= 11 is 0. The molecule has 2 amide bonds. The van der Waals surface area contributed by atoms with E-state index in [0.29, 0.717) is 22.9 Å². The van der Waals surface area contributed by atoms with Crippen molar-refractivity contribution in [3.8, 4) is 22.8 Å². The molecule has 172 valence electrons. The minimum absolute atomic E-state index is 0.372. The van der Waals surface area contributed by atoms with Gasteiger partial charge in [0.05, 0.1) is 19.9 Å². The normalized spacial score (nSPS) is 14.0. The lowest BCUT2D eigenvalue weighted by Crippen LogP contribution is -2.33. The van der Waals surface area contributed by atoms with Crippen molar-refractivity contribution in [2.24, 2.45) is 5.92 Å². The summed E-state index contributed by atoms with van der Waals surface area (Å²) in [7, 11) is 3.12. The van der Waals surface area contributed by atoms with Gasteiger partial charge in [-0.05, 0) is 43.0 Å². The first-order valence-electron chi connectivity index (χ1n) is 11.0. The van der Waals surface area contributed by atoms with Gasteiger partial charge in [0.2, 0.25) is 0 Å². The molecule has 0 aliphatic carbocycles. The van der Waals surface area contributed by atoms with Crippen LogP contribution in [0.3, 0.4) is 0 Å². The van der Waals surface area contributed by atoms with Crippen molar-refractivity contribution in [1.29, 1.82) is 0 Å². The Balaban J connectivity index is 1.42. The summed E-state index contributed by atoms with van der Waals surface area (Å²) in [6, 6.07) is 16.3. The monoisotopic (exact) mass is 447 g/mol. The average molecular weight is 448 g/mol. The predicted molar refractivity (Wildman–Crippen MR) is 130 cm³/mol. The number of methoxy groups -OCH3 is 2. The van der Waals surface area contributed by atoms with Gasteiger partial charge in [-0.2, -0.15) is 0 Å². The second-order valence-corrected chi connectivity index (χ2v) is 8.21. The zero-order chi connectivity index (χ0) is 23.2. The third kappa shape index (κ3) is 5.71. The number of carbonyl (C=O) groups excluding carboxylic acids is 1. The Kier molecular flexibility index (Phi) is 6.92. The highest BCUT2D eigenvalue weighted by Crippen LogP contribution is 2.27. The molecule has 0 radical (unpaired) electrons. The van der Waals surface area contributed by atoms with Crippen molar-refractivity contribution >= 4 is 23.2 Å². The van der Waals surface area contributed by atoms with E-state index in [4.69, 9.17) is 9.47 Å². The van der Waals surface area contributed by atoms with Crippen LogP contribution in [0.1, 0.15) is 19.8 Å². The van der Waals surface area contributed by atoms with Gasteiger partial charge >= 0.3 is 6.03 Å². The molecule has 1 aliphatic rings. The molecular formula is C25H29N5O3. The lowest BCUT2D eigenvalue weighted by atomic mass is 9.99. The maximum Gasteiger partial charge on any atom is 0.323 e. The number of nitrogens with zero attached hydrogens (tertiary/aromatic N) is 3. The van der Waals surface area contributed by atoms with Gasteiger partial charge < -0.3 is 25.0 Å². The summed E-state index contributed by atoms with van der Waals surface area (Å²) in [5.74, 6) is 2.86. The summed E-state index contributed by atoms with van der Waals surface area (Å²) in [6.07, 6.45) is 2.36. The molecule has 0 saturated carbocycles. The lowest BCUT2D eigenvalue weighted by Gasteiger charge is -2.30. The number of hydrogen-bond acceptors (Lipinski definition) is 6. The first-order valence-corrected chi connectivity index (χ1v) is 11.0. The molecular weight excluding hydrogens is 418 g/mol. The molecule has 8 nitrogen and oxygen atoms in total. The van der Waals surface area contributed by atoms with Crippen LogP contribution in [0.5, 0.6) is 11.5 Å². The first kappa shape index (κ1) is 22.4. The highest BCUT2D eigenvalue weighted by molar-refractivity contribution is 6.00. The number of urea groups is 1. The fourth-order valence-electron chi connectivity index (χ4n) is 3.81. The molecule has 0 spiro atoms. The van der Waals surface area contributed by atoms with Gasteiger partial charge in [0.1, 0.15) is 11.5 Å². The summed E-state index contributed by atoms with van der Waals surface area (Å²) < 4.78 is 10.5. The third-order valence-corrected chi connectivity index (χ3v) is 5.78. The van der Waals surface area contributed by atoms with Crippen molar-refractivity contribution in [1.82, 2.24) is 10.2 Å². The second kappa shape index (κ2) is 10.2. The molecule has 3 aromatic rings. The van der Waals surface area contributed by atoms with E-state index in [1.165, 1.54) is 12.8 Å². The molecule has 2 aromatic carbocycles. The van der Waals surface area contributed by atoms with Crippen LogP contribution in [0.2, 0.25) is 0 Å². The number of anilines is 3. The van der Waals surface area contributed by atoms with Crippen molar-refractivity contribution in [3.05, 3.63) is 54.6 Å². The molecule has 2 heterocycles. The molecule has 4 rings (SSSR count). The number of benzene rings is 2. The molecule has 1 aromatic heterocycles. The van der Waals surface area contributed by atoms with Gasteiger partial charge in [-0.15, -0.1) is 10.2 Å². The molecule has 0 atom stereocenters. The van der Waals surface area contributed by atoms with Gasteiger partial charge in [-0.25, -0.2) is 4.79 Å². The number of rotatable bonds is 6. The Morgan fingerprint density at radius 2 is 1.61 bits per heavy atom. The number of ether oxygens (including phenoxy) is 2. The average Bonchev–Trinajstić information content (AvgIpc) is 2.84. The van der Waals surface area contributed by atoms with Crippen molar-refractivity contribution in [3.63, 3.8) is 0 Å². The Morgan fingerprint density at radius 1 is 0.909 bits per heavy atom. The first-order chi connectivity index (χ1) is 16.0. The van der Waals surface area contributed by atoms with Gasteiger partial charge in [-0.3, -0.25) is 0 Å². The van der Waals surface area contributed by atoms with Crippen molar-refractivity contribution in [2.75, 3.05) is 42.8 Å². The van der Waals surface area contributed by atoms with E-state index < -0.39 is 0 Å². The Bertz CT molecular complexity index is 1070. The third-order valence-electron chi connectivity index (χ3n) is 5.78. The van der Waals surface area contributed by atoms with Gasteiger partial charge in [0.25, 0.3) is 0 Å². The van der Waals surface area contributed by atoms with Crippen LogP contribution in [0, 0.1) is 5.92 Å². The van der Waals surface area contributed by atoms with Crippen LogP contribution < -0.4 is 25.0 Å². The highest BCUT2D eigenvalue weighted by atomic mass is 16.5. The standard InChI is InChI=1S/C25H29N5O3/c1-17-9-11-30(12-10-17)24-8-7-23(28-29-24)18-5-4-6-19(13-18)26-25(31)27-20-14-21(32-2)16-22(15-20)33-3/h4-8,13-17H,9-12H2,1-3H3,(H2,26,27,31). The lowest BCUT2D eigenvalue weighted by molar-refractivity contribution is 0.262. The van der Waals surface area contributed by atoms with Crippen molar-refractivity contribution in [2.45, 2.75) is 19.8 Å². The van der Waals surface area contributed by atoms with Gasteiger partial charge in [0, 0.05) is 48.2 Å². The number of hydrogen-bond donors (Lipinski definition) is 2. The van der Waals surface area contributed by atoms with Gasteiger partial charge in [-0.1, -0.05) is 19.1 Å². The maximum atomic E-state index is 12.5. The van der Waals surface area contributed by atoms with Crippen LogP contribution in [-0.2, 0) is 0 Å². The summed E-state index contributed by atoms with van der Waals surface area (Å²) in [4.78, 5) is 14.8. The summed E-state index contributed by atoms with van der Waals surface area (Å²) in [5, 5.41) is 14.5. The molecule has 1 fully saturated rings. The number of amides is 2. The van der Waals surface area contributed by atoms with Crippen LogP contribution in [-0.4, -0.2) is 43.5 Å². The topological polar surface area (TPSA) is 88.6 Å². The minimum Gasteiger partial charge on any atom is -0.497 e. The number of nitrogens with one attached hydrogen (secondary N) is 2. The molecule has 1 aliphatic heterocycles. The van der Waals surface area contributed by atoms with E-state index in [-0.39, 0.29) is 6.03 Å². The predicted octanol–water partition coefficient (Wildman–Crippen LogP) is 5.04. The van der Waals surface area contributed by atoms with E-state index in [1.807, 2.05) is 36.4 Å². The van der Waals surface area contributed by atoms with E-state index in [2.05, 4.69) is 32.7 Å². The van der Waals surface area contributed by atoms with E-state index in [0.717, 1.165) is 36.1 Å². The Hall–Kier alpha value is -3.81. The number of carbonyl (C=O) groups is 1. The quantitative estimate of drug-likeness (QED) is 0.550. The Labute approximate surface area is 193 Å². The number of piperidine rings is 1. The maximum absolute atomic E-state index is 12.5. The molecule has 33 heavy (non-hydrogen) atoms. The van der Waals surface area contributed by atoms with E-state index in [1.54, 1.807) is 32.4 Å². The minimum atomic E-state index is -0.372.